The van der Waals surface area contributed by atoms with Gasteiger partial charge >= 0.3 is 6.03 Å². The molecule has 0 radical (unpaired) electrons. The van der Waals surface area contributed by atoms with Crippen molar-refractivity contribution in [1.82, 2.24) is 25.3 Å². The van der Waals surface area contributed by atoms with E-state index in [-0.39, 0.29) is 24.0 Å². The first-order valence-corrected chi connectivity index (χ1v) is 9.48. The van der Waals surface area contributed by atoms with Crippen molar-refractivity contribution in [2.75, 3.05) is 20.2 Å². The number of urea groups is 1. The molecule has 8 nitrogen and oxygen atoms in total. The maximum Gasteiger partial charge on any atom is 0.317 e. The average molecular weight is 385 g/mol. The maximum atomic E-state index is 12.6. The quantitative estimate of drug-likeness (QED) is 0.826. The summed E-state index contributed by atoms with van der Waals surface area (Å²) in [6.45, 7) is 4.72. The van der Waals surface area contributed by atoms with Crippen LogP contribution in [0.1, 0.15) is 38.3 Å². The lowest BCUT2D eigenvalue weighted by atomic mass is 10.1. The van der Waals surface area contributed by atoms with E-state index in [9.17, 15) is 9.59 Å². The van der Waals surface area contributed by atoms with Crippen LogP contribution < -0.4 is 15.4 Å². The molecule has 1 aliphatic heterocycles. The summed E-state index contributed by atoms with van der Waals surface area (Å²) in [5.41, 5.74) is 1.81. The topological polar surface area (TPSA) is 88.5 Å². The number of likely N-dealkylation sites (tertiary alicyclic amines) is 1. The van der Waals surface area contributed by atoms with Crippen molar-refractivity contribution in [3.8, 4) is 11.4 Å². The van der Waals surface area contributed by atoms with Crippen molar-refractivity contribution < 1.29 is 14.3 Å². The fraction of sp³-hybridized carbons (Fsp3) is 0.450. The highest BCUT2D eigenvalue weighted by molar-refractivity contribution is 5.75. The number of carbonyl (C=O) groups is 2. The van der Waals surface area contributed by atoms with Gasteiger partial charge in [-0.15, -0.1) is 0 Å². The Morgan fingerprint density at radius 3 is 2.71 bits per heavy atom. The Morgan fingerprint density at radius 1 is 1.29 bits per heavy atom. The van der Waals surface area contributed by atoms with Gasteiger partial charge in [0.2, 0.25) is 5.91 Å². The molecule has 1 atom stereocenters. The highest BCUT2D eigenvalue weighted by atomic mass is 16.5. The molecule has 1 aromatic heterocycles. The van der Waals surface area contributed by atoms with Crippen LogP contribution in [0.25, 0.3) is 5.69 Å². The average Bonchev–Trinajstić information content (AvgIpc) is 3.18. The van der Waals surface area contributed by atoms with Crippen molar-refractivity contribution in [2.45, 2.75) is 38.8 Å². The fourth-order valence-electron chi connectivity index (χ4n) is 3.33. The lowest BCUT2D eigenvalue weighted by Crippen LogP contribution is -2.49. The normalized spacial score (nSPS) is 15.8. The summed E-state index contributed by atoms with van der Waals surface area (Å²) < 4.78 is 7.02. The molecule has 3 amide bonds. The Morgan fingerprint density at radius 2 is 2.04 bits per heavy atom. The Kier molecular flexibility index (Phi) is 6.18. The molecule has 0 unspecified atom stereocenters. The van der Waals surface area contributed by atoms with Gasteiger partial charge in [-0.05, 0) is 31.9 Å². The molecule has 0 spiro atoms. The van der Waals surface area contributed by atoms with Crippen LogP contribution >= 0.6 is 0 Å². The molecule has 1 saturated heterocycles. The van der Waals surface area contributed by atoms with E-state index in [2.05, 4.69) is 15.7 Å². The minimum atomic E-state index is -0.167. The molecule has 2 N–H and O–H groups in total. The zero-order valence-electron chi connectivity index (χ0n) is 16.5. The fourth-order valence-corrected chi connectivity index (χ4v) is 3.33. The Hall–Kier alpha value is -3.03. The number of hydrogen-bond acceptors (Lipinski definition) is 4. The summed E-state index contributed by atoms with van der Waals surface area (Å²) in [6, 6.07) is 7.53. The van der Waals surface area contributed by atoms with Crippen LogP contribution in [-0.4, -0.2) is 52.9 Å². The molecular weight excluding hydrogens is 358 g/mol. The third kappa shape index (κ3) is 4.82. The molecule has 1 aromatic carbocycles. The van der Waals surface area contributed by atoms with Gasteiger partial charge < -0.3 is 20.3 Å². The molecule has 150 valence electrons. The number of nitrogens with zero attached hydrogens (tertiary/aromatic N) is 3. The smallest absolute Gasteiger partial charge is 0.317 e. The van der Waals surface area contributed by atoms with Gasteiger partial charge in [-0.2, -0.15) is 5.10 Å². The first-order chi connectivity index (χ1) is 13.5. The van der Waals surface area contributed by atoms with Gasteiger partial charge in [-0.1, -0.05) is 6.07 Å². The van der Waals surface area contributed by atoms with Gasteiger partial charge in [0.15, 0.2) is 0 Å². The van der Waals surface area contributed by atoms with Crippen molar-refractivity contribution in [1.29, 1.82) is 0 Å². The first kappa shape index (κ1) is 19.7. The molecule has 2 aromatic rings. The van der Waals surface area contributed by atoms with Gasteiger partial charge in [0, 0.05) is 43.9 Å². The van der Waals surface area contributed by atoms with Gasteiger partial charge in [0.1, 0.15) is 5.75 Å². The van der Waals surface area contributed by atoms with Crippen LogP contribution in [-0.2, 0) is 4.79 Å². The van der Waals surface area contributed by atoms with Gasteiger partial charge in [0.25, 0.3) is 0 Å². The molecule has 0 saturated carbocycles. The predicted octanol–water partition coefficient (Wildman–Crippen LogP) is 2.25. The molecule has 0 aliphatic carbocycles. The second-order valence-electron chi connectivity index (χ2n) is 7.05. The van der Waals surface area contributed by atoms with Crippen LogP contribution in [0.4, 0.5) is 4.79 Å². The number of rotatable bonds is 5. The van der Waals surface area contributed by atoms with E-state index in [0.717, 1.165) is 29.8 Å². The van der Waals surface area contributed by atoms with Gasteiger partial charge in [0.05, 0.1) is 25.0 Å². The maximum absolute atomic E-state index is 12.6. The van der Waals surface area contributed by atoms with Crippen molar-refractivity contribution in [3.63, 3.8) is 0 Å². The van der Waals surface area contributed by atoms with Gasteiger partial charge in [-0.25, -0.2) is 9.48 Å². The molecule has 1 aliphatic rings. The Labute approximate surface area is 164 Å². The summed E-state index contributed by atoms with van der Waals surface area (Å²) in [4.78, 5) is 25.5. The molecule has 1 fully saturated rings. The summed E-state index contributed by atoms with van der Waals surface area (Å²) >= 11 is 0. The van der Waals surface area contributed by atoms with E-state index in [4.69, 9.17) is 4.74 Å². The van der Waals surface area contributed by atoms with Crippen molar-refractivity contribution >= 4 is 11.9 Å². The molecule has 8 heteroatoms. The van der Waals surface area contributed by atoms with E-state index >= 15 is 0 Å². The summed E-state index contributed by atoms with van der Waals surface area (Å²) in [6.07, 6.45) is 5.21. The first-order valence-electron chi connectivity index (χ1n) is 9.48. The van der Waals surface area contributed by atoms with E-state index in [1.165, 1.54) is 6.92 Å². The molecule has 2 heterocycles. The summed E-state index contributed by atoms with van der Waals surface area (Å²) in [7, 11) is 1.63. The number of nitrogens with one attached hydrogen (secondary N) is 2. The van der Waals surface area contributed by atoms with Gasteiger partial charge in [-0.3, -0.25) is 4.79 Å². The monoisotopic (exact) mass is 385 g/mol. The van der Waals surface area contributed by atoms with Crippen LogP contribution in [0.15, 0.2) is 36.7 Å². The number of ether oxygens (including phenoxy) is 1. The highest BCUT2D eigenvalue weighted by Crippen LogP contribution is 2.19. The predicted molar refractivity (Wildman–Crippen MR) is 105 cm³/mol. The minimum Gasteiger partial charge on any atom is -0.497 e. The standard InChI is InChI=1S/C20H27N5O3/c1-14(22-20(27)24-9-7-17(8-10-24)23-15(2)26)16-12-21-25(13-16)18-5-4-6-19(11-18)28-3/h4-6,11-14,17H,7-10H2,1-3H3,(H,22,27)(H,23,26)/t14-/m1/s1. The number of carbonyl (C=O) groups excluding carboxylic acids is 2. The van der Waals surface area contributed by atoms with Crippen molar-refractivity contribution in [2.24, 2.45) is 0 Å². The number of amides is 3. The number of aromatic nitrogens is 2. The highest BCUT2D eigenvalue weighted by Gasteiger charge is 2.24. The lowest BCUT2D eigenvalue weighted by Gasteiger charge is -2.33. The third-order valence-electron chi connectivity index (χ3n) is 4.95. The van der Waals surface area contributed by atoms with E-state index in [0.29, 0.717) is 13.1 Å². The van der Waals surface area contributed by atoms with Crippen molar-refractivity contribution in [3.05, 3.63) is 42.2 Å². The zero-order chi connectivity index (χ0) is 20.1. The van der Waals surface area contributed by atoms with Crippen LogP contribution in [0.2, 0.25) is 0 Å². The van der Waals surface area contributed by atoms with E-state index in [1.54, 1.807) is 22.9 Å². The summed E-state index contributed by atoms with van der Waals surface area (Å²) in [5.74, 6) is 0.739. The number of piperidine rings is 1. The Balaban J connectivity index is 1.56. The third-order valence-corrected chi connectivity index (χ3v) is 4.95. The summed E-state index contributed by atoms with van der Waals surface area (Å²) in [5, 5.41) is 10.3. The SMILES string of the molecule is COc1cccc(-n2cc([C@@H](C)NC(=O)N3CCC(NC(C)=O)CC3)cn2)c1. The van der Waals surface area contributed by atoms with Crippen LogP contribution in [0.3, 0.4) is 0 Å². The molecule has 3 rings (SSSR count). The Bertz CT molecular complexity index is 827. The molecule has 28 heavy (non-hydrogen) atoms. The minimum absolute atomic E-state index is 0.0235. The van der Waals surface area contributed by atoms with Crippen LogP contribution in [0.5, 0.6) is 5.75 Å². The number of hydrogen-bond donors (Lipinski definition) is 2. The number of benzene rings is 1. The van der Waals surface area contributed by atoms with E-state index in [1.807, 2.05) is 37.4 Å². The van der Waals surface area contributed by atoms with Crippen LogP contribution in [0, 0.1) is 0 Å². The second-order valence-corrected chi connectivity index (χ2v) is 7.05. The lowest BCUT2D eigenvalue weighted by molar-refractivity contribution is -0.119. The zero-order valence-corrected chi connectivity index (χ0v) is 16.5. The van der Waals surface area contributed by atoms with E-state index < -0.39 is 0 Å². The second kappa shape index (κ2) is 8.77. The number of methoxy groups -OCH3 is 1. The largest absolute Gasteiger partial charge is 0.497 e. The molecule has 0 bridgehead atoms. The molecular formula is C20H27N5O3.